The normalized spacial score (nSPS) is 10.5. The van der Waals surface area contributed by atoms with E-state index in [1.165, 1.54) is 14.2 Å². The number of thioether (sulfide) groups is 1. The van der Waals surface area contributed by atoms with Gasteiger partial charge in [0.25, 0.3) is 0 Å². The Bertz CT molecular complexity index is 1030. The van der Waals surface area contributed by atoms with Gasteiger partial charge in [-0.1, -0.05) is 0 Å². The number of thiazole rings is 1. The molecule has 0 aliphatic rings. The van der Waals surface area contributed by atoms with Crippen molar-refractivity contribution in [2.75, 3.05) is 20.8 Å². The maximum Gasteiger partial charge on any atom is 0.338 e. The van der Waals surface area contributed by atoms with Crippen LogP contribution in [0.3, 0.4) is 0 Å². The highest BCUT2D eigenvalue weighted by atomic mass is 32.2. The summed E-state index contributed by atoms with van der Waals surface area (Å²) in [5, 5.41) is 3.09. The van der Waals surface area contributed by atoms with Gasteiger partial charge in [-0.15, -0.1) is 23.1 Å². The second kappa shape index (κ2) is 10.3. The first-order chi connectivity index (χ1) is 14.5. The van der Waals surface area contributed by atoms with Gasteiger partial charge in [-0.25, -0.2) is 9.78 Å². The van der Waals surface area contributed by atoms with Crippen LogP contribution in [0.15, 0.2) is 52.7 Å². The number of esters is 1. The quantitative estimate of drug-likeness (QED) is 0.267. The molecule has 0 saturated carbocycles. The summed E-state index contributed by atoms with van der Waals surface area (Å²) >= 11 is 3.27. The second-order valence-electron chi connectivity index (χ2n) is 6.24. The lowest BCUT2D eigenvalue weighted by Crippen LogP contribution is -2.15. The highest BCUT2D eigenvalue weighted by Crippen LogP contribution is 2.25. The van der Waals surface area contributed by atoms with Crippen molar-refractivity contribution < 1.29 is 23.8 Å². The Morgan fingerprint density at radius 1 is 1.07 bits per heavy atom. The molecule has 0 bridgehead atoms. The molecule has 0 N–H and O–H groups in total. The van der Waals surface area contributed by atoms with Crippen molar-refractivity contribution in [3.63, 3.8) is 0 Å². The molecule has 0 fully saturated rings. The lowest BCUT2D eigenvalue weighted by atomic mass is 10.1. The number of carbonyl (C=O) groups excluding carboxylic acids is 2. The Kier molecular flexibility index (Phi) is 7.48. The Hall–Kier alpha value is -2.84. The lowest BCUT2D eigenvalue weighted by molar-refractivity contribution is 0.0474. The van der Waals surface area contributed by atoms with E-state index in [1.807, 2.05) is 24.4 Å². The first-order valence-electron chi connectivity index (χ1n) is 9.06. The summed E-state index contributed by atoms with van der Waals surface area (Å²) in [7, 11) is 2.98. The van der Waals surface area contributed by atoms with Crippen molar-refractivity contribution in [3.05, 3.63) is 69.7 Å². The molecule has 0 atom stereocenters. The zero-order valence-electron chi connectivity index (χ0n) is 16.8. The van der Waals surface area contributed by atoms with Crippen LogP contribution in [0.25, 0.3) is 0 Å². The number of ketones is 1. The summed E-state index contributed by atoms with van der Waals surface area (Å²) in [5.74, 6) is 0.756. The van der Waals surface area contributed by atoms with Gasteiger partial charge in [-0.3, -0.25) is 4.79 Å². The third-order valence-corrected chi connectivity index (χ3v) is 6.05. The number of ether oxygens (including phenoxy) is 3. The zero-order chi connectivity index (χ0) is 21.5. The molecule has 1 heterocycles. The van der Waals surface area contributed by atoms with Gasteiger partial charge in [0.05, 0.1) is 36.0 Å². The molecule has 1 aromatic heterocycles. The zero-order valence-corrected chi connectivity index (χ0v) is 18.5. The maximum absolute atomic E-state index is 12.5. The van der Waals surface area contributed by atoms with Crippen LogP contribution in [-0.4, -0.2) is 37.6 Å². The van der Waals surface area contributed by atoms with Crippen LogP contribution < -0.4 is 9.47 Å². The van der Waals surface area contributed by atoms with Gasteiger partial charge in [0.1, 0.15) is 11.5 Å². The summed E-state index contributed by atoms with van der Waals surface area (Å²) in [5.41, 5.74) is 1.72. The van der Waals surface area contributed by atoms with E-state index in [-0.39, 0.29) is 12.4 Å². The fraction of sp³-hybridized carbons (Fsp3) is 0.227. The molecule has 2 aromatic carbocycles. The van der Waals surface area contributed by atoms with Gasteiger partial charge in [0.15, 0.2) is 6.61 Å². The number of methoxy groups -OCH3 is 2. The third kappa shape index (κ3) is 5.61. The number of rotatable bonds is 9. The Morgan fingerprint density at radius 2 is 1.83 bits per heavy atom. The number of hydrogen-bond acceptors (Lipinski definition) is 8. The molecule has 30 heavy (non-hydrogen) atoms. The van der Waals surface area contributed by atoms with Crippen LogP contribution in [0.1, 0.15) is 31.4 Å². The van der Waals surface area contributed by atoms with Gasteiger partial charge in [-0.2, -0.15) is 0 Å². The predicted octanol–water partition coefficient (Wildman–Crippen LogP) is 4.80. The monoisotopic (exact) mass is 443 g/mol. The van der Waals surface area contributed by atoms with Gasteiger partial charge in [0, 0.05) is 16.0 Å². The fourth-order valence-corrected chi connectivity index (χ4v) is 4.15. The summed E-state index contributed by atoms with van der Waals surface area (Å²) in [6.07, 6.45) is 0. The molecular weight excluding hydrogens is 422 g/mol. The van der Waals surface area contributed by atoms with Crippen LogP contribution in [0.2, 0.25) is 0 Å². The number of aromatic nitrogens is 1. The van der Waals surface area contributed by atoms with Crippen molar-refractivity contribution in [2.24, 2.45) is 0 Å². The molecule has 3 aromatic rings. The summed E-state index contributed by atoms with van der Waals surface area (Å²) < 4.78 is 15.5. The standard InChI is InChI=1S/C22H21NO5S2/c1-14-23-16(12-29-14)13-30-18-7-4-15(5-8-18)22(25)28-11-20(24)19-10-17(26-2)6-9-21(19)27-3/h4-10,12H,11,13H2,1-3H3. The minimum Gasteiger partial charge on any atom is -0.497 e. The van der Waals surface area contributed by atoms with Gasteiger partial charge in [0.2, 0.25) is 5.78 Å². The molecule has 0 spiro atoms. The van der Waals surface area contributed by atoms with Gasteiger partial charge in [-0.05, 0) is 49.4 Å². The number of aryl methyl sites for hydroxylation is 1. The van der Waals surface area contributed by atoms with Gasteiger partial charge >= 0.3 is 5.97 Å². The van der Waals surface area contributed by atoms with Crippen LogP contribution in [0.5, 0.6) is 11.5 Å². The van der Waals surface area contributed by atoms with Crippen LogP contribution in [0.4, 0.5) is 0 Å². The molecule has 0 aliphatic carbocycles. The number of nitrogens with zero attached hydrogens (tertiary/aromatic N) is 1. The van der Waals surface area contributed by atoms with Crippen molar-refractivity contribution in [1.82, 2.24) is 4.98 Å². The van der Waals surface area contributed by atoms with Crippen LogP contribution in [-0.2, 0) is 10.5 Å². The number of benzene rings is 2. The highest BCUT2D eigenvalue weighted by Gasteiger charge is 2.17. The first-order valence-corrected chi connectivity index (χ1v) is 10.9. The Labute approximate surface area is 183 Å². The van der Waals surface area contributed by atoms with Crippen LogP contribution >= 0.6 is 23.1 Å². The molecule has 6 nitrogen and oxygen atoms in total. The first kappa shape index (κ1) is 21.9. The van der Waals surface area contributed by atoms with Crippen molar-refractivity contribution in [2.45, 2.75) is 17.6 Å². The largest absolute Gasteiger partial charge is 0.497 e. The van der Waals surface area contributed by atoms with E-state index < -0.39 is 5.97 Å². The minimum absolute atomic E-state index is 0.300. The van der Waals surface area contributed by atoms with E-state index in [0.29, 0.717) is 22.6 Å². The minimum atomic E-state index is -0.558. The van der Waals surface area contributed by atoms with E-state index in [1.54, 1.807) is 53.4 Å². The molecule has 0 aliphatic heterocycles. The average Bonchev–Trinajstić information content (AvgIpc) is 3.20. The smallest absolute Gasteiger partial charge is 0.338 e. The number of hydrogen-bond donors (Lipinski definition) is 0. The van der Waals surface area contributed by atoms with Crippen molar-refractivity contribution in [3.8, 4) is 11.5 Å². The molecule has 0 saturated heterocycles. The SMILES string of the molecule is COc1ccc(OC)c(C(=O)COC(=O)c2ccc(SCc3csc(C)n3)cc2)c1. The Morgan fingerprint density at radius 3 is 2.47 bits per heavy atom. The highest BCUT2D eigenvalue weighted by molar-refractivity contribution is 7.98. The number of Topliss-reactive ketones (excluding diaryl/α,β-unsaturated/α-hetero) is 1. The predicted molar refractivity (Wildman–Crippen MR) is 117 cm³/mol. The molecule has 156 valence electrons. The topological polar surface area (TPSA) is 74.7 Å². The van der Waals surface area contributed by atoms with Crippen molar-refractivity contribution >= 4 is 34.9 Å². The molecule has 3 rings (SSSR count). The van der Waals surface area contributed by atoms with E-state index in [4.69, 9.17) is 14.2 Å². The van der Waals surface area contributed by atoms with E-state index in [2.05, 4.69) is 4.98 Å². The van der Waals surface area contributed by atoms with Crippen molar-refractivity contribution in [1.29, 1.82) is 0 Å². The summed E-state index contributed by atoms with van der Waals surface area (Å²) in [4.78, 5) is 30.2. The van der Waals surface area contributed by atoms with Crippen LogP contribution in [0, 0.1) is 6.92 Å². The molecule has 0 amide bonds. The fourth-order valence-electron chi connectivity index (χ4n) is 2.64. The lowest BCUT2D eigenvalue weighted by Gasteiger charge is -2.10. The van der Waals surface area contributed by atoms with Gasteiger partial charge < -0.3 is 14.2 Å². The summed E-state index contributed by atoms with van der Waals surface area (Å²) in [6.45, 7) is 1.59. The Balaban J connectivity index is 1.56. The summed E-state index contributed by atoms with van der Waals surface area (Å²) in [6, 6.07) is 12.0. The molecular formula is C22H21NO5S2. The number of carbonyl (C=O) groups is 2. The second-order valence-corrected chi connectivity index (χ2v) is 8.35. The molecule has 8 heteroatoms. The van der Waals surface area contributed by atoms with E-state index >= 15 is 0 Å². The molecule has 0 radical (unpaired) electrons. The van der Waals surface area contributed by atoms with E-state index in [9.17, 15) is 9.59 Å². The maximum atomic E-state index is 12.5. The van der Waals surface area contributed by atoms with E-state index in [0.717, 1.165) is 21.3 Å². The average molecular weight is 444 g/mol. The third-order valence-electron chi connectivity index (χ3n) is 4.18. The molecule has 0 unspecified atom stereocenters.